The van der Waals surface area contributed by atoms with Gasteiger partial charge in [0.15, 0.2) is 0 Å². The molecule has 9 heteroatoms. The van der Waals surface area contributed by atoms with E-state index in [0.717, 1.165) is 30.2 Å². The number of amides is 2. The molecule has 25 heavy (non-hydrogen) atoms. The summed E-state index contributed by atoms with van der Waals surface area (Å²) in [6.07, 6.45) is 1.95. The van der Waals surface area contributed by atoms with Gasteiger partial charge in [0.1, 0.15) is 0 Å². The number of hydrogen-bond donors (Lipinski definition) is 3. The molecule has 2 heterocycles. The molecule has 136 valence electrons. The van der Waals surface area contributed by atoms with E-state index in [1.54, 1.807) is 0 Å². The van der Waals surface area contributed by atoms with Crippen molar-refractivity contribution in [1.82, 2.24) is 20.3 Å². The number of hydrogen-bond acceptors (Lipinski definition) is 5. The van der Waals surface area contributed by atoms with Crippen molar-refractivity contribution in [2.75, 3.05) is 32.7 Å². The minimum absolute atomic E-state index is 0.0816. The maximum Gasteiger partial charge on any atom is 0.251 e. The van der Waals surface area contributed by atoms with Crippen LogP contribution in [0.5, 0.6) is 0 Å². The van der Waals surface area contributed by atoms with E-state index in [1.807, 2.05) is 0 Å². The van der Waals surface area contributed by atoms with E-state index in [4.69, 9.17) is 0 Å². The highest BCUT2D eigenvalue weighted by Gasteiger charge is 2.29. The fourth-order valence-electron chi connectivity index (χ4n) is 2.99. The molecule has 1 aromatic carbocycles. The van der Waals surface area contributed by atoms with Crippen LogP contribution in [0, 0.1) is 0 Å². The second kappa shape index (κ2) is 7.51. The molecule has 2 aliphatic heterocycles. The van der Waals surface area contributed by atoms with Crippen molar-refractivity contribution in [3.63, 3.8) is 0 Å². The Morgan fingerprint density at radius 2 is 1.96 bits per heavy atom. The number of benzene rings is 1. The summed E-state index contributed by atoms with van der Waals surface area (Å²) >= 11 is 0. The minimum atomic E-state index is -3.73. The number of rotatable bonds is 4. The van der Waals surface area contributed by atoms with Crippen molar-refractivity contribution < 1.29 is 18.0 Å². The molecule has 0 spiro atoms. The summed E-state index contributed by atoms with van der Waals surface area (Å²) in [5, 5.41) is 8.77. The van der Waals surface area contributed by atoms with Gasteiger partial charge in [0, 0.05) is 31.2 Å². The molecule has 1 aromatic rings. The monoisotopic (exact) mass is 366 g/mol. The average Bonchev–Trinajstić information content (AvgIpc) is 2.62. The van der Waals surface area contributed by atoms with E-state index < -0.39 is 10.0 Å². The minimum Gasteiger partial charge on any atom is -0.354 e. The van der Waals surface area contributed by atoms with Crippen LogP contribution in [0.1, 0.15) is 23.2 Å². The molecular weight excluding hydrogens is 344 g/mol. The van der Waals surface area contributed by atoms with Gasteiger partial charge in [-0.1, -0.05) is 0 Å². The van der Waals surface area contributed by atoms with E-state index >= 15 is 0 Å². The topological polar surface area (TPSA) is 108 Å². The van der Waals surface area contributed by atoms with Crippen LogP contribution in [-0.4, -0.2) is 63.3 Å². The van der Waals surface area contributed by atoms with Crippen LogP contribution in [0.25, 0.3) is 0 Å². The molecule has 2 aliphatic rings. The first-order valence-electron chi connectivity index (χ1n) is 8.35. The third-order valence-electron chi connectivity index (χ3n) is 4.39. The van der Waals surface area contributed by atoms with Gasteiger partial charge in [0.25, 0.3) is 5.91 Å². The van der Waals surface area contributed by atoms with E-state index in [-0.39, 0.29) is 35.8 Å². The summed E-state index contributed by atoms with van der Waals surface area (Å²) in [5.74, 6) is -0.526. The van der Waals surface area contributed by atoms with Crippen LogP contribution in [0.2, 0.25) is 0 Å². The Morgan fingerprint density at radius 3 is 2.60 bits per heavy atom. The van der Waals surface area contributed by atoms with E-state index in [0.29, 0.717) is 12.1 Å². The molecule has 8 nitrogen and oxygen atoms in total. The molecular formula is C16H22N4O4S. The summed E-state index contributed by atoms with van der Waals surface area (Å²) < 4.78 is 26.3. The van der Waals surface area contributed by atoms with E-state index in [9.17, 15) is 18.0 Å². The lowest BCUT2D eigenvalue weighted by molar-refractivity contribution is -0.122. The Hall–Kier alpha value is -1.97. The van der Waals surface area contributed by atoms with Gasteiger partial charge in [-0.25, -0.2) is 8.42 Å². The standard InChI is InChI=1S/C16H22N4O4S/c21-15-11-20(9-8-18-15)25(23,24)14-5-3-12(4-6-14)16(22)19-13-2-1-7-17-10-13/h3-6,13,17H,1-2,7-11H2,(H,18,21)(H,19,22). The Balaban J connectivity index is 1.68. The maximum atomic E-state index is 12.6. The van der Waals surface area contributed by atoms with Crippen LogP contribution >= 0.6 is 0 Å². The van der Waals surface area contributed by atoms with E-state index in [2.05, 4.69) is 16.0 Å². The van der Waals surface area contributed by atoms with Crippen molar-refractivity contribution in [3.05, 3.63) is 29.8 Å². The first-order valence-corrected chi connectivity index (χ1v) is 9.79. The molecule has 2 saturated heterocycles. The summed E-state index contributed by atoms with van der Waals surface area (Å²) in [5.41, 5.74) is 0.418. The molecule has 2 amide bonds. The molecule has 2 fully saturated rings. The lowest BCUT2D eigenvalue weighted by Crippen LogP contribution is -2.49. The number of nitrogens with zero attached hydrogens (tertiary/aromatic N) is 1. The number of piperazine rings is 1. The predicted octanol–water partition coefficient (Wildman–Crippen LogP) is -0.711. The van der Waals surface area contributed by atoms with Crippen molar-refractivity contribution in [1.29, 1.82) is 0 Å². The normalized spacial score (nSPS) is 22.2. The number of piperidine rings is 1. The highest BCUT2D eigenvalue weighted by Crippen LogP contribution is 2.17. The van der Waals surface area contributed by atoms with Gasteiger partial charge in [0.2, 0.25) is 15.9 Å². The molecule has 1 atom stereocenters. The number of carbonyl (C=O) groups is 2. The third kappa shape index (κ3) is 4.17. The summed E-state index contributed by atoms with van der Waals surface area (Å²) in [6.45, 7) is 2.07. The second-order valence-corrected chi connectivity index (χ2v) is 8.17. The molecule has 3 N–H and O–H groups in total. The van der Waals surface area contributed by atoms with Crippen LogP contribution < -0.4 is 16.0 Å². The fourth-order valence-corrected chi connectivity index (χ4v) is 4.39. The van der Waals surface area contributed by atoms with E-state index in [1.165, 1.54) is 24.3 Å². The molecule has 1 unspecified atom stereocenters. The smallest absolute Gasteiger partial charge is 0.251 e. The molecule has 0 saturated carbocycles. The number of carbonyl (C=O) groups excluding carboxylic acids is 2. The molecule has 0 radical (unpaired) electrons. The average molecular weight is 366 g/mol. The molecule has 0 aromatic heterocycles. The van der Waals surface area contributed by atoms with Crippen molar-refractivity contribution in [2.45, 2.75) is 23.8 Å². The van der Waals surface area contributed by atoms with Gasteiger partial charge in [-0.3, -0.25) is 9.59 Å². The summed E-state index contributed by atoms with van der Waals surface area (Å²) in [7, 11) is -3.73. The first-order chi connectivity index (χ1) is 12.0. The zero-order valence-corrected chi connectivity index (χ0v) is 14.6. The fraction of sp³-hybridized carbons (Fsp3) is 0.500. The Morgan fingerprint density at radius 1 is 1.20 bits per heavy atom. The SMILES string of the molecule is O=C1CN(S(=O)(=O)c2ccc(C(=O)NC3CCCNC3)cc2)CCN1. The molecule has 0 aliphatic carbocycles. The summed E-state index contributed by atoms with van der Waals surface area (Å²) in [6, 6.07) is 5.92. The van der Waals surface area contributed by atoms with Gasteiger partial charge in [-0.2, -0.15) is 4.31 Å². The quantitative estimate of drug-likeness (QED) is 0.652. The highest BCUT2D eigenvalue weighted by atomic mass is 32.2. The summed E-state index contributed by atoms with van der Waals surface area (Å²) in [4.78, 5) is 23.8. The van der Waals surface area contributed by atoms with Gasteiger partial charge < -0.3 is 16.0 Å². The number of nitrogens with one attached hydrogen (secondary N) is 3. The largest absolute Gasteiger partial charge is 0.354 e. The first kappa shape index (κ1) is 17.8. The van der Waals surface area contributed by atoms with Gasteiger partial charge in [0.05, 0.1) is 11.4 Å². The van der Waals surface area contributed by atoms with Crippen molar-refractivity contribution in [2.24, 2.45) is 0 Å². The van der Waals surface area contributed by atoms with Gasteiger partial charge >= 0.3 is 0 Å². The predicted molar refractivity (Wildman–Crippen MR) is 91.6 cm³/mol. The third-order valence-corrected chi connectivity index (χ3v) is 6.25. The lowest BCUT2D eigenvalue weighted by Gasteiger charge is -2.26. The molecule has 3 rings (SSSR count). The lowest BCUT2D eigenvalue weighted by atomic mass is 10.1. The van der Waals surface area contributed by atoms with Crippen LogP contribution in [0.3, 0.4) is 0 Å². The zero-order valence-electron chi connectivity index (χ0n) is 13.8. The Kier molecular flexibility index (Phi) is 5.36. The van der Waals surface area contributed by atoms with Gasteiger partial charge in [-0.15, -0.1) is 0 Å². The van der Waals surface area contributed by atoms with Crippen molar-refractivity contribution >= 4 is 21.8 Å². The zero-order chi connectivity index (χ0) is 17.9. The van der Waals surface area contributed by atoms with Crippen molar-refractivity contribution in [3.8, 4) is 0 Å². The van der Waals surface area contributed by atoms with Crippen LogP contribution in [0.15, 0.2) is 29.2 Å². The highest BCUT2D eigenvalue weighted by molar-refractivity contribution is 7.89. The van der Waals surface area contributed by atoms with Gasteiger partial charge in [-0.05, 0) is 43.7 Å². The maximum absolute atomic E-state index is 12.6. The molecule has 0 bridgehead atoms. The number of sulfonamides is 1. The Bertz CT molecular complexity index is 742. The van der Waals surface area contributed by atoms with Crippen LogP contribution in [-0.2, 0) is 14.8 Å². The Labute approximate surface area is 147 Å². The second-order valence-electron chi connectivity index (χ2n) is 6.23. The van der Waals surface area contributed by atoms with Crippen LogP contribution in [0.4, 0.5) is 0 Å².